The van der Waals surface area contributed by atoms with Gasteiger partial charge in [-0.15, -0.1) is 0 Å². The minimum atomic E-state index is -0.176. The number of nitrogens with one attached hydrogen (secondary N) is 1. The van der Waals surface area contributed by atoms with E-state index in [1.165, 1.54) is 0 Å². The van der Waals surface area contributed by atoms with E-state index in [1.807, 2.05) is 54.6 Å². The first-order chi connectivity index (χ1) is 12.8. The fourth-order valence-electron chi connectivity index (χ4n) is 2.74. The van der Waals surface area contributed by atoms with Crippen LogP contribution in [0.25, 0.3) is 11.6 Å². The van der Waals surface area contributed by atoms with Crippen LogP contribution in [0.15, 0.2) is 71.3 Å². The summed E-state index contributed by atoms with van der Waals surface area (Å²) in [7, 11) is 0. The van der Waals surface area contributed by atoms with Crippen molar-refractivity contribution in [1.82, 2.24) is 5.32 Å². The summed E-state index contributed by atoms with van der Waals surface area (Å²) in [5.74, 6) is 1.88. The Morgan fingerprint density at radius 3 is 2.65 bits per heavy atom. The Bertz CT molecular complexity index is 930. The molecule has 5 heteroatoms. The largest absolute Gasteiger partial charge is 0.465 e. The van der Waals surface area contributed by atoms with E-state index >= 15 is 0 Å². The average molecular weight is 347 g/mol. The van der Waals surface area contributed by atoms with Crippen molar-refractivity contribution in [3.63, 3.8) is 0 Å². The first kappa shape index (κ1) is 16.0. The summed E-state index contributed by atoms with van der Waals surface area (Å²) < 4.78 is 16.0. The van der Waals surface area contributed by atoms with E-state index in [9.17, 15) is 4.79 Å². The van der Waals surface area contributed by atoms with Crippen LogP contribution in [-0.2, 0) is 11.3 Å². The number of fused-ring (bicyclic) bond motifs is 1. The van der Waals surface area contributed by atoms with Gasteiger partial charge in [0.2, 0.25) is 6.79 Å². The molecule has 0 spiro atoms. The van der Waals surface area contributed by atoms with E-state index in [4.69, 9.17) is 13.9 Å². The number of ether oxygens (including phenoxy) is 2. The molecular weight excluding hydrogens is 330 g/mol. The van der Waals surface area contributed by atoms with Crippen molar-refractivity contribution >= 4 is 17.6 Å². The predicted octanol–water partition coefficient (Wildman–Crippen LogP) is 3.87. The number of amides is 1. The smallest absolute Gasteiger partial charge is 0.252 e. The lowest BCUT2D eigenvalue weighted by molar-refractivity contribution is -0.115. The first-order valence-electron chi connectivity index (χ1n) is 8.27. The van der Waals surface area contributed by atoms with Gasteiger partial charge in [-0.05, 0) is 41.5 Å². The molecular formula is C21H17NO4. The minimum absolute atomic E-state index is 0.176. The summed E-state index contributed by atoms with van der Waals surface area (Å²) in [4.78, 5) is 12.8. The molecule has 0 aliphatic carbocycles. The second-order valence-electron chi connectivity index (χ2n) is 5.81. The van der Waals surface area contributed by atoms with Crippen molar-refractivity contribution in [2.24, 2.45) is 0 Å². The van der Waals surface area contributed by atoms with E-state index in [0.29, 0.717) is 23.6 Å². The van der Waals surface area contributed by atoms with Crippen molar-refractivity contribution < 1.29 is 18.7 Å². The first-order valence-corrected chi connectivity index (χ1v) is 8.27. The molecule has 0 fully saturated rings. The molecule has 2 aromatic carbocycles. The van der Waals surface area contributed by atoms with Gasteiger partial charge in [-0.1, -0.05) is 36.4 Å². The zero-order chi connectivity index (χ0) is 17.8. The molecule has 1 aliphatic heterocycles. The van der Waals surface area contributed by atoms with Crippen molar-refractivity contribution in [2.75, 3.05) is 6.79 Å². The van der Waals surface area contributed by atoms with Crippen molar-refractivity contribution in [3.05, 3.63) is 83.8 Å². The molecule has 4 rings (SSSR count). The summed E-state index contributed by atoms with van der Waals surface area (Å²) in [5.41, 5.74) is 2.31. The lowest BCUT2D eigenvalue weighted by Gasteiger charge is -2.10. The summed E-state index contributed by atoms with van der Waals surface area (Å²) >= 11 is 0. The third-order valence-electron chi connectivity index (χ3n) is 4.05. The highest BCUT2D eigenvalue weighted by Gasteiger charge is 2.15. The summed E-state index contributed by atoms with van der Waals surface area (Å²) in [5, 5.41) is 2.96. The van der Waals surface area contributed by atoms with E-state index in [2.05, 4.69) is 5.32 Å². The van der Waals surface area contributed by atoms with Crippen LogP contribution in [0.5, 0.6) is 11.5 Å². The fourth-order valence-corrected chi connectivity index (χ4v) is 2.74. The second-order valence-corrected chi connectivity index (χ2v) is 5.81. The molecule has 130 valence electrons. The lowest BCUT2D eigenvalue weighted by Crippen LogP contribution is -2.23. The van der Waals surface area contributed by atoms with Crippen LogP contribution in [0.3, 0.4) is 0 Å². The normalized spacial score (nSPS) is 12.8. The third-order valence-corrected chi connectivity index (χ3v) is 4.05. The summed E-state index contributed by atoms with van der Waals surface area (Å²) in [6, 6.07) is 18.7. The average Bonchev–Trinajstić information content (AvgIpc) is 3.36. The van der Waals surface area contributed by atoms with Crippen molar-refractivity contribution in [1.29, 1.82) is 0 Å². The highest BCUT2D eigenvalue weighted by atomic mass is 16.7. The van der Waals surface area contributed by atoms with Crippen LogP contribution in [-0.4, -0.2) is 12.7 Å². The Balaban J connectivity index is 1.53. The van der Waals surface area contributed by atoms with Crippen LogP contribution in [0.4, 0.5) is 0 Å². The Morgan fingerprint density at radius 2 is 1.85 bits per heavy atom. The zero-order valence-electron chi connectivity index (χ0n) is 14.0. The number of furan rings is 1. The molecule has 0 saturated heterocycles. The van der Waals surface area contributed by atoms with Crippen molar-refractivity contribution in [3.8, 4) is 11.5 Å². The highest BCUT2D eigenvalue weighted by Crippen LogP contribution is 2.32. The standard InChI is InChI=1S/C21H17NO4/c23-21(22-13-15-8-9-19-20(11-15)26-14-25-19)18(12-17-7-4-10-24-17)16-5-2-1-3-6-16/h1-12H,13-14H2,(H,22,23)/b18-12+. The van der Waals surface area contributed by atoms with E-state index in [1.54, 1.807) is 18.4 Å². The predicted molar refractivity (Wildman–Crippen MR) is 97.4 cm³/mol. The van der Waals surface area contributed by atoms with E-state index in [0.717, 1.165) is 16.9 Å². The quantitative estimate of drug-likeness (QED) is 0.712. The lowest BCUT2D eigenvalue weighted by atomic mass is 10.0. The molecule has 1 aromatic heterocycles. The van der Waals surface area contributed by atoms with Gasteiger partial charge in [0.15, 0.2) is 11.5 Å². The van der Waals surface area contributed by atoms with Crippen molar-refractivity contribution in [2.45, 2.75) is 6.54 Å². The van der Waals surface area contributed by atoms with Gasteiger partial charge < -0.3 is 19.2 Å². The number of carbonyl (C=O) groups is 1. The van der Waals surface area contributed by atoms with Gasteiger partial charge in [-0.25, -0.2) is 0 Å². The Hall–Kier alpha value is -3.47. The van der Waals surface area contributed by atoms with E-state index < -0.39 is 0 Å². The number of hydrogen-bond acceptors (Lipinski definition) is 4. The number of hydrogen-bond donors (Lipinski definition) is 1. The fraction of sp³-hybridized carbons (Fsp3) is 0.0952. The van der Waals surface area contributed by atoms with Gasteiger partial charge in [0.1, 0.15) is 5.76 Å². The monoisotopic (exact) mass is 347 g/mol. The molecule has 1 aliphatic rings. The molecule has 3 aromatic rings. The number of benzene rings is 2. The van der Waals surface area contributed by atoms with Gasteiger partial charge in [0.05, 0.1) is 11.8 Å². The van der Waals surface area contributed by atoms with Gasteiger partial charge in [0.25, 0.3) is 5.91 Å². The van der Waals surface area contributed by atoms with Crippen LogP contribution in [0, 0.1) is 0 Å². The van der Waals surface area contributed by atoms with Gasteiger partial charge in [0, 0.05) is 6.54 Å². The highest BCUT2D eigenvalue weighted by molar-refractivity contribution is 6.23. The van der Waals surface area contributed by atoms with E-state index in [-0.39, 0.29) is 12.7 Å². The van der Waals surface area contributed by atoms with Crippen LogP contribution >= 0.6 is 0 Å². The Morgan fingerprint density at radius 1 is 1.00 bits per heavy atom. The molecule has 0 radical (unpaired) electrons. The molecule has 0 atom stereocenters. The molecule has 0 bridgehead atoms. The molecule has 1 N–H and O–H groups in total. The molecule has 26 heavy (non-hydrogen) atoms. The SMILES string of the molecule is O=C(NCc1ccc2c(c1)OCO2)/C(=C/c1ccco1)c1ccccc1. The topological polar surface area (TPSA) is 60.7 Å². The molecule has 1 amide bonds. The third kappa shape index (κ3) is 3.47. The van der Waals surface area contributed by atoms with Gasteiger partial charge >= 0.3 is 0 Å². The minimum Gasteiger partial charge on any atom is -0.465 e. The van der Waals surface area contributed by atoms with Crippen LogP contribution in [0.1, 0.15) is 16.9 Å². The van der Waals surface area contributed by atoms with Crippen LogP contribution < -0.4 is 14.8 Å². The molecule has 0 saturated carbocycles. The Labute approximate surface area is 150 Å². The zero-order valence-corrected chi connectivity index (χ0v) is 14.0. The number of rotatable bonds is 5. The second kappa shape index (κ2) is 7.19. The summed E-state index contributed by atoms with van der Waals surface area (Å²) in [6.45, 7) is 0.618. The van der Waals surface area contributed by atoms with Gasteiger partial charge in [-0.2, -0.15) is 0 Å². The van der Waals surface area contributed by atoms with Crippen LogP contribution in [0.2, 0.25) is 0 Å². The maximum absolute atomic E-state index is 12.8. The molecule has 5 nitrogen and oxygen atoms in total. The van der Waals surface area contributed by atoms with Gasteiger partial charge in [-0.3, -0.25) is 4.79 Å². The maximum Gasteiger partial charge on any atom is 0.252 e. The number of carbonyl (C=O) groups excluding carboxylic acids is 1. The summed E-state index contributed by atoms with van der Waals surface area (Å²) in [6.07, 6.45) is 3.32. The maximum atomic E-state index is 12.8. The molecule has 2 heterocycles. The molecule has 0 unspecified atom stereocenters. The Kier molecular flexibility index (Phi) is 4.43.